The molecule has 2 amide bonds. The summed E-state index contributed by atoms with van der Waals surface area (Å²) in [5.74, 6) is -2.14. The summed E-state index contributed by atoms with van der Waals surface area (Å²) in [4.78, 5) is 36.7. The smallest absolute Gasteiger partial charge is 0.328 e. The van der Waals surface area contributed by atoms with E-state index in [1.165, 1.54) is 19.1 Å². The average molecular weight is 447 g/mol. The second-order valence-corrected chi connectivity index (χ2v) is 9.06. The molecule has 166 valence electrons. The summed E-state index contributed by atoms with van der Waals surface area (Å²) in [6.45, 7) is 1.29. The first-order valence-corrected chi connectivity index (χ1v) is 11.3. The maximum Gasteiger partial charge on any atom is 0.328 e. The van der Waals surface area contributed by atoms with Gasteiger partial charge in [-0.2, -0.15) is 0 Å². The zero-order chi connectivity index (χ0) is 22.9. The lowest BCUT2D eigenvalue weighted by Gasteiger charge is -2.22. The molecule has 0 unspecified atom stereocenters. The molecule has 2 N–H and O–H groups in total. The van der Waals surface area contributed by atoms with Crippen molar-refractivity contribution >= 4 is 27.6 Å². The average Bonchev–Trinajstić information content (AvgIpc) is 2.76. The zero-order valence-corrected chi connectivity index (χ0v) is 18.2. The van der Waals surface area contributed by atoms with Gasteiger partial charge < -0.3 is 15.4 Å². The number of sulfone groups is 1. The minimum Gasteiger partial charge on any atom is -0.467 e. The molecule has 2 rings (SSSR count). The fourth-order valence-corrected chi connectivity index (χ4v) is 4.34. The van der Waals surface area contributed by atoms with Gasteiger partial charge in [0.2, 0.25) is 11.8 Å². The zero-order valence-electron chi connectivity index (χ0n) is 17.4. The third kappa shape index (κ3) is 7.53. The molecule has 0 radical (unpaired) electrons. The van der Waals surface area contributed by atoms with Crippen LogP contribution in [0.4, 0.5) is 0 Å². The molecular formula is C22H26N2O6S. The lowest BCUT2D eigenvalue weighted by Crippen LogP contribution is -2.52. The van der Waals surface area contributed by atoms with Crippen LogP contribution in [0.3, 0.4) is 0 Å². The predicted molar refractivity (Wildman–Crippen MR) is 115 cm³/mol. The maximum absolute atomic E-state index is 12.8. The van der Waals surface area contributed by atoms with Crippen LogP contribution in [0.25, 0.3) is 0 Å². The summed E-state index contributed by atoms with van der Waals surface area (Å²) >= 11 is 0. The van der Waals surface area contributed by atoms with Gasteiger partial charge >= 0.3 is 5.97 Å². The molecule has 2 aromatic rings. The van der Waals surface area contributed by atoms with Gasteiger partial charge in [0.1, 0.15) is 12.1 Å². The lowest BCUT2D eigenvalue weighted by molar-refractivity contribution is -0.145. The van der Waals surface area contributed by atoms with Crippen LogP contribution in [0.1, 0.15) is 18.9 Å². The number of ether oxygens (including phenoxy) is 1. The van der Waals surface area contributed by atoms with Crippen molar-refractivity contribution in [2.24, 2.45) is 0 Å². The molecular weight excluding hydrogens is 420 g/mol. The van der Waals surface area contributed by atoms with Crippen LogP contribution in [0, 0.1) is 0 Å². The molecule has 0 aliphatic rings. The fourth-order valence-electron chi connectivity index (χ4n) is 2.99. The standard InChI is InChI=1S/C22H26N2O6S/c1-16(25)23-20(15-17-9-5-3-6-10-17)21(26)24-19(22(27)30-2)13-14-31(28,29)18-11-7-4-8-12-18/h3-12,19-20H,13-15H2,1-2H3,(H,23,25)(H,24,26)/t19-,20+/m1/s1. The van der Waals surface area contributed by atoms with Gasteiger partial charge in [0.25, 0.3) is 0 Å². The van der Waals surface area contributed by atoms with Crippen molar-refractivity contribution in [3.63, 3.8) is 0 Å². The van der Waals surface area contributed by atoms with Gasteiger partial charge in [-0.3, -0.25) is 9.59 Å². The lowest BCUT2D eigenvalue weighted by atomic mass is 10.0. The van der Waals surface area contributed by atoms with E-state index < -0.39 is 39.7 Å². The quantitative estimate of drug-likeness (QED) is 0.531. The number of carbonyl (C=O) groups excluding carboxylic acids is 3. The third-order valence-electron chi connectivity index (χ3n) is 4.56. The first-order chi connectivity index (χ1) is 14.7. The molecule has 0 aromatic heterocycles. The van der Waals surface area contributed by atoms with Crippen LogP contribution in [-0.4, -0.2) is 51.1 Å². The number of amides is 2. The van der Waals surface area contributed by atoms with Crippen molar-refractivity contribution in [1.82, 2.24) is 10.6 Å². The molecule has 8 nitrogen and oxygen atoms in total. The predicted octanol–water partition coefficient (Wildman–Crippen LogP) is 1.26. The van der Waals surface area contributed by atoms with Gasteiger partial charge in [-0.1, -0.05) is 48.5 Å². The second-order valence-electron chi connectivity index (χ2n) is 6.95. The van der Waals surface area contributed by atoms with E-state index in [0.29, 0.717) is 0 Å². The van der Waals surface area contributed by atoms with E-state index in [-0.39, 0.29) is 23.5 Å². The Morgan fingerprint density at radius 3 is 2.03 bits per heavy atom. The van der Waals surface area contributed by atoms with E-state index in [1.807, 2.05) is 30.3 Å². The van der Waals surface area contributed by atoms with Crippen LogP contribution in [0.5, 0.6) is 0 Å². The molecule has 2 aromatic carbocycles. The fraction of sp³-hybridized carbons (Fsp3) is 0.318. The SMILES string of the molecule is COC(=O)[C@@H](CCS(=O)(=O)c1ccccc1)NC(=O)[C@H](Cc1ccccc1)NC(C)=O. The van der Waals surface area contributed by atoms with Gasteiger partial charge in [0, 0.05) is 13.3 Å². The van der Waals surface area contributed by atoms with Crippen molar-refractivity contribution in [3.8, 4) is 0 Å². The van der Waals surface area contributed by atoms with E-state index in [1.54, 1.807) is 18.2 Å². The Kier molecular flexibility index (Phi) is 8.75. The first-order valence-electron chi connectivity index (χ1n) is 9.70. The summed E-state index contributed by atoms with van der Waals surface area (Å²) in [6, 6.07) is 14.8. The Bertz CT molecular complexity index is 993. The van der Waals surface area contributed by atoms with Crippen molar-refractivity contribution < 1.29 is 27.5 Å². The Balaban J connectivity index is 2.12. The highest BCUT2D eigenvalue weighted by Crippen LogP contribution is 2.13. The molecule has 2 atom stereocenters. The molecule has 9 heteroatoms. The number of hydrogen-bond donors (Lipinski definition) is 2. The van der Waals surface area contributed by atoms with Crippen LogP contribution >= 0.6 is 0 Å². The highest BCUT2D eigenvalue weighted by molar-refractivity contribution is 7.91. The first kappa shape index (κ1) is 24.1. The van der Waals surface area contributed by atoms with Crippen LogP contribution < -0.4 is 10.6 Å². The number of methoxy groups -OCH3 is 1. The van der Waals surface area contributed by atoms with E-state index in [4.69, 9.17) is 4.74 Å². The Labute approximate surface area is 181 Å². The van der Waals surface area contributed by atoms with E-state index in [9.17, 15) is 22.8 Å². The Hall–Kier alpha value is -3.20. The summed E-state index contributed by atoms with van der Waals surface area (Å²) in [5, 5.41) is 5.09. The highest BCUT2D eigenvalue weighted by atomic mass is 32.2. The van der Waals surface area contributed by atoms with E-state index in [0.717, 1.165) is 12.7 Å². The molecule has 0 spiro atoms. The topological polar surface area (TPSA) is 119 Å². The summed E-state index contributed by atoms with van der Waals surface area (Å²) < 4.78 is 29.8. The molecule has 0 saturated carbocycles. The number of rotatable bonds is 10. The van der Waals surface area contributed by atoms with Crippen LogP contribution in [0.2, 0.25) is 0 Å². The summed E-state index contributed by atoms with van der Waals surface area (Å²) in [6.07, 6.45) is 0.0379. The number of esters is 1. The number of benzene rings is 2. The minimum atomic E-state index is -3.65. The largest absolute Gasteiger partial charge is 0.467 e. The molecule has 0 bridgehead atoms. The molecule has 0 aliphatic heterocycles. The normalized spacial score (nSPS) is 13.0. The van der Waals surface area contributed by atoms with Crippen molar-refractivity contribution in [2.75, 3.05) is 12.9 Å². The monoisotopic (exact) mass is 446 g/mol. The number of carbonyl (C=O) groups is 3. The van der Waals surface area contributed by atoms with Crippen molar-refractivity contribution in [3.05, 3.63) is 66.2 Å². The van der Waals surface area contributed by atoms with E-state index >= 15 is 0 Å². The molecule has 0 aliphatic carbocycles. The maximum atomic E-state index is 12.8. The summed E-state index contributed by atoms with van der Waals surface area (Å²) in [5.41, 5.74) is 0.817. The van der Waals surface area contributed by atoms with Gasteiger partial charge in [-0.05, 0) is 24.1 Å². The number of hydrogen-bond acceptors (Lipinski definition) is 6. The molecule has 0 heterocycles. The second kappa shape index (κ2) is 11.3. The molecule has 31 heavy (non-hydrogen) atoms. The summed E-state index contributed by atoms with van der Waals surface area (Å²) in [7, 11) is -2.49. The van der Waals surface area contributed by atoms with Crippen LogP contribution in [-0.2, 0) is 35.4 Å². The third-order valence-corrected chi connectivity index (χ3v) is 6.32. The van der Waals surface area contributed by atoms with Crippen molar-refractivity contribution in [1.29, 1.82) is 0 Å². The van der Waals surface area contributed by atoms with Gasteiger partial charge in [-0.25, -0.2) is 13.2 Å². The highest BCUT2D eigenvalue weighted by Gasteiger charge is 2.28. The molecule has 0 saturated heterocycles. The Morgan fingerprint density at radius 2 is 1.48 bits per heavy atom. The van der Waals surface area contributed by atoms with Gasteiger partial charge in [-0.15, -0.1) is 0 Å². The Morgan fingerprint density at radius 1 is 0.903 bits per heavy atom. The molecule has 0 fully saturated rings. The van der Waals surface area contributed by atoms with E-state index in [2.05, 4.69) is 10.6 Å². The minimum absolute atomic E-state index is 0.130. The van der Waals surface area contributed by atoms with Gasteiger partial charge in [0.15, 0.2) is 9.84 Å². The number of nitrogens with one attached hydrogen (secondary N) is 2. The van der Waals surface area contributed by atoms with Gasteiger partial charge in [0.05, 0.1) is 17.8 Å². The van der Waals surface area contributed by atoms with Crippen molar-refractivity contribution in [2.45, 2.75) is 36.7 Å². The van der Waals surface area contributed by atoms with Crippen LogP contribution in [0.15, 0.2) is 65.6 Å².